The Balaban J connectivity index is 0.00000261. The van der Waals surface area contributed by atoms with Crippen LogP contribution in [0.1, 0.15) is 18.9 Å². The van der Waals surface area contributed by atoms with Gasteiger partial charge in [0.1, 0.15) is 0 Å². The fraction of sp³-hybridized carbons (Fsp3) is 0.500. The van der Waals surface area contributed by atoms with Crippen molar-refractivity contribution in [3.05, 3.63) is 48.3 Å². The van der Waals surface area contributed by atoms with Gasteiger partial charge in [-0.1, -0.05) is 19.1 Å². The Morgan fingerprint density at radius 3 is 2.70 bits per heavy atom. The maximum atomic E-state index is 4.34. The van der Waals surface area contributed by atoms with Crippen molar-refractivity contribution in [3.63, 3.8) is 0 Å². The van der Waals surface area contributed by atoms with Gasteiger partial charge in [-0.15, -0.1) is 24.0 Å². The fourth-order valence-corrected chi connectivity index (χ4v) is 3.39. The third kappa shape index (κ3) is 6.49. The Kier molecular flexibility index (Phi) is 9.06. The summed E-state index contributed by atoms with van der Waals surface area (Å²) in [7, 11) is 1.83. The first kappa shape index (κ1) is 21.7. The minimum absolute atomic E-state index is 0. The van der Waals surface area contributed by atoms with Gasteiger partial charge in [0, 0.05) is 39.1 Å². The molecule has 1 aliphatic rings. The zero-order valence-electron chi connectivity index (χ0n) is 16.3. The molecule has 0 bridgehead atoms. The molecule has 148 valence electrons. The summed E-state index contributed by atoms with van der Waals surface area (Å²) >= 11 is 0. The van der Waals surface area contributed by atoms with Crippen LogP contribution in [-0.4, -0.2) is 60.4 Å². The van der Waals surface area contributed by atoms with Crippen molar-refractivity contribution in [2.75, 3.05) is 39.8 Å². The second-order valence-corrected chi connectivity index (χ2v) is 6.79. The first-order valence-corrected chi connectivity index (χ1v) is 9.54. The van der Waals surface area contributed by atoms with Crippen LogP contribution < -0.4 is 10.6 Å². The molecule has 1 aromatic carbocycles. The number of aromatic nitrogens is 2. The van der Waals surface area contributed by atoms with Gasteiger partial charge in [0.2, 0.25) is 0 Å². The highest BCUT2D eigenvalue weighted by Crippen LogP contribution is 2.14. The number of halogens is 1. The average Bonchev–Trinajstić information content (AvgIpc) is 3.36. The second-order valence-electron chi connectivity index (χ2n) is 6.79. The minimum Gasteiger partial charge on any atom is -0.356 e. The van der Waals surface area contributed by atoms with Gasteiger partial charge < -0.3 is 15.5 Å². The molecule has 2 aromatic rings. The SMILES string of the molecule is CCN1CCC(CNC(=NC)NCCc2ccc(-n3cccn3)cc2)C1.I. The fourth-order valence-electron chi connectivity index (χ4n) is 3.39. The largest absolute Gasteiger partial charge is 0.356 e. The van der Waals surface area contributed by atoms with Crippen LogP contribution in [0.5, 0.6) is 0 Å². The molecule has 0 radical (unpaired) electrons. The van der Waals surface area contributed by atoms with Gasteiger partial charge >= 0.3 is 0 Å². The van der Waals surface area contributed by atoms with E-state index in [4.69, 9.17) is 0 Å². The van der Waals surface area contributed by atoms with Gasteiger partial charge in [0.05, 0.1) is 5.69 Å². The van der Waals surface area contributed by atoms with Gasteiger partial charge in [0.15, 0.2) is 5.96 Å². The zero-order valence-corrected chi connectivity index (χ0v) is 18.6. The molecule has 1 saturated heterocycles. The Hall–Kier alpha value is -1.61. The molecular formula is C20H31IN6. The third-order valence-corrected chi connectivity index (χ3v) is 5.01. The first-order chi connectivity index (χ1) is 12.8. The molecule has 1 aromatic heterocycles. The van der Waals surface area contributed by atoms with Gasteiger partial charge in [0.25, 0.3) is 0 Å². The first-order valence-electron chi connectivity index (χ1n) is 9.54. The lowest BCUT2D eigenvalue weighted by Gasteiger charge is -2.16. The quantitative estimate of drug-likeness (QED) is 0.362. The zero-order chi connectivity index (χ0) is 18.2. The molecule has 1 unspecified atom stereocenters. The molecule has 2 N–H and O–H groups in total. The maximum Gasteiger partial charge on any atom is 0.190 e. The number of nitrogens with one attached hydrogen (secondary N) is 2. The molecule has 2 heterocycles. The molecule has 7 heteroatoms. The monoisotopic (exact) mass is 482 g/mol. The molecule has 27 heavy (non-hydrogen) atoms. The molecular weight excluding hydrogens is 451 g/mol. The summed E-state index contributed by atoms with van der Waals surface area (Å²) in [6.45, 7) is 7.67. The number of hydrogen-bond acceptors (Lipinski definition) is 3. The van der Waals surface area contributed by atoms with E-state index in [2.05, 4.69) is 56.8 Å². The van der Waals surface area contributed by atoms with Crippen LogP contribution in [0.4, 0.5) is 0 Å². The number of benzene rings is 1. The summed E-state index contributed by atoms with van der Waals surface area (Å²) in [5, 5.41) is 11.1. The summed E-state index contributed by atoms with van der Waals surface area (Å²) in [6.07, 6.45) is 5.99. The third-order valence-electron chi connectivity index (χ3n) is 5.01. The number of rotatable bonds is 7. The predicted octanol–water partition coefficient (Wildman–Crippen LogP) is 2.54. The molecule has 1 aliphatic heterocycles. The molecule has 0 amide bonds. The molecule has 3 rings (SSSR count). The van der Waals surface area contributed by atoms with E-state index in [0.29, 0.717) is 0 Å². The maximum absolute atomic E-state index is 4.34. The minimum atomic E-state index is 0. The summed E-state index contributed by atoms with van der Waals surface area (Å²) in [6, 6.07) is 10.5. The van der Waals surface area contributed by atoms with E-state index in [0.717, 1.165) is 43.6 Å². The van der Waals surface area contributed by atoms with E-state index < -0.39 is 0 Å². The predicted molar refractivity (Wildman–Crippen MR) is 122 cm³/mol. The van der Waals surface area contributed by atoms with Gasteiger partial charge in [-0.05, 0) is 55.6 Å². The number of hydrogen-bond donors (Lipinski definition) is 2. The van der Waals surface area contributed by atoms with E-state index in [1.807, 2.05) is 24.0 Å². The molecule has 0 saturated carbocycles. The smallest absolute Gasteiger partial charge is 0.190 e. The van der Waals surface area contributed by atoms with Crippen molar-refractivity contribution in [1.82, 2.24) is 25.3 Å². The molecule has 0 aliphatic carbocycles. The summed E-state index contributed by atoms with van der Waals surface area (Å²) in [5.74, 6) is 1.62. The molecule has 6 nitrogen and oxygen atoms in total. The highest BCUT2D eigenvalue weighted by Gasteiger charge is 2.20. The lowest BCUT2D eigenvalue weighted by atomic mass is 10.1. The van der Waals surface area contributed by atoms with E-state index >= 15 is 0 Å². The van der Waals surface area contributed by atoms with Crippen molar-refractivity contribution in [2.24, 2.45) is 10.9 Å². The van der Waals surface area contributed by atoms with Crippen LogP contribution in [0.25, 0.3) is 5.69 Å². The van der Waals surface area contributed by atoms with Crippen LogP contribution >= 0.6 is 24.0 Å². The topological polar surface area (TPSA) is 57.5 Å². The highest BCUT2D eigenvalue weighted by atomic mass is 127. The number of aliphatic imine (C=N–C) groups is 1. The normalized spacial score (nSPS) is 17.6. The molecule has 0 spiro atoms. The highest BCUT2D eigenvalue weighted by molar-refractivity contribution is 14.0. The summed E-state index contributed by atoms with van der Waals surface area (Å²) in [5.41, 5.74) is 2.39. The standard InChI is InChI=1S/C20H30N6.HI/c1-3-25-14-10-18(16-25)15-23-20(21-2)22-12-9-17-5-7-19(8-6-17)26-13-4-11-24-26;/h4-8,11,13,18H,3,9-10,12,14-16H2,1-2H3,(H2,21,22,23);1H. The van der Waals surface area contributed by atoms with Crippen molar-refractivity contribution in [3.8, 4) is 5.69 Å². The van der Waals surface area contributed by atoms with Crippen molar-refractivity contribution >= 4 is 29.9 Å². The van der Waals surface area contributed by atoms with Crippen LogP contribution in [0.2, 0.25) is 0 Å². The van der Waals surface area contributed by atoms with E-state index in [-0.39, 0.29) is 24.0 Å². The number of nitrogens with zero attached hydrogens (tertiary/aromatic N) is 4. The Morgan fingerprint density at radius 1 is 1.26 bits per heavy atom. The summed E-state index contributed by atoms with van der Waals surface area (Å²) in [4.78, 5) is 6.85. The summed E-state index contributed by atoms with van der Waals surface area (Å²) < 4.78 is 1.87. The van der Waals surface area contributed by atoms with E-state index in [1.54, 1.807) is 6.20 Å². The Bertz CT molecular complexity index is 683. The second kappa shape index (κ2) is 11.3. The van der Waals surface area contributed by atoms with Crippen molar-refractivity contribution in [1.29, 1.82) is 0 Å². The lowest BCUT2D eigenvalue weighted by molar-refractivity contribution is 0.342. The van der Waals surface area contributed by atoms with Crippen molar-refractivity contribution < 1.29 is 0 Å². The van der Waals surface area contributed by atoms with Crippen LogP contribution in [-0.2, 0) is 6.42 Å². The molecule has 1 fully saturated rings. The van der Waals surface area contributed by atoms with Gasteiger partial charge in [-0.2, -0.15) is 5.10 Å². The van der Waals surface area contributed by atoms with Gasteiger partial charge in [-0.3, -0.25) is 4.99 Å². The van der Waals surface area contributed by atoms with Crippen molar-refractivity contribution in [2.45, 2.75) is 19.8 Å². The van der Waals surface area contributed by atoms with Crippen LogP contribution in [0.15, 0.2) is 47.7 Å². The Morgan fingerprint density at radius 2 is 2.07 bits per heavy atom. The average molecular weight is 482 g/mol. The number of likely N-dealkylation sites (tertiary alicyclic amines) is 1. The van der Waals surface area contributed by atoms with E-state index in [1.165, 1.54) is 25.1 Å². The van der Waals surface area contributed by atoms with Crippen LogP contribution in [0.3, 0.4) is 0 Å². The lowest BCUT2D eigenvalue weighted by Crippen LogP contribution is -2.41. The number of guanidine groups is 1. The van der Waals surface area contributed by atoms with E-state index in [9.17, 15) is 0 Å². The molecule has 1 atom stereocenters. The Labute approximate surface area is 179 Å². The van der Waals surface area contributed by atoms with Gasteiger partial charge in [-0.25, -0.2) is 4.68 Å². The van der Waals surface area contributed by atoms with Crippen LogP contribution in [0, 0.1) is 5.92 Å².